The van der Waals surface area contributed by atoms with Gasteiger partial charge in [0.25, 0.3) is 0 Å². The molecule has 3 heteroatoms. The van der Waals surface area contributed by atoms with Crippen LogP contribution in [-0.4, -0.2) is 9.98 Å². The zero-order valence-corrected chi connectivity index (χ0v) is 8.39. The highest BCUT2D eigenvalue weighted by Crippen LogP contribution is 2.12. The predicted octanol–water partition coefficient (Wildman–Crippen LogP) is 3.23. The molecule has 0 saturated heterocycles. The molecular weight excluding hydrogens is 193 g/mol. The van der Waals surface area contributed by atoms with Gasteiger partial charge >= 0.3 is 0 Å². The molecule has 12 heavy (non-hydrogen) atoms. The van der Waals surface area contributed by atoms with E-state index < -0.39 is 0 Å². The Morgan fingerprint density at radius 1 is 1.25 bits per heavy atom. The van der Waals surface area contributed by atoms with Crippen LogP contribution in [0.25, 0.3) is 0 Å². The maximum absolute atomic E-state index is 5.58. The third-order valence-electron chi connectivity index (χ3n) is 1.71. The third-order valence-corrected chi connectivity index (χ3v) is 2.37. The second kappa shape index (κ2) is 4.70. The lowest BCUT2D eigenvalue weighted by molar-refractivity contribution is 0.524. The summed E-state index contributed by atoms with van der Waals surface area (Å²) in [7, 11) is 0. The molecule has 1 aromatic rings. The summed E-state index contributed by atoms with van der Waals surface area (Å²) in [6.45, 7) is 1.98. The van der Waals surface area contributed by atoms with E-state index in [2.05, 4.69) is 12.1 Å². The molecule has 0 aromatic heterocycles. The Bertz CT molecular complexity index is 223. The Morgan fingerprint density at radius 3 is 2.33 bits per heavy atom. The van der Waals surface area contributed by atoms with Gasteiger partial charge in [-0.3, -0.25) is 0 Å². The van der Waals surface area contributed by atoms with Gasteiger partial charge in [0.2, 0.25) is 0 Å². The molecule has 66 valence electrons. The van der Waals surface area contributed by atoms with Crippen molar-refractivity contribution in [1.29, 1.82) is 0 Å². The first-order chi connectivity index (χ1) is 5.70. The fraction of sp³-hybridized carbons (Fsp3) is 0.333. The Labute approximate surface area is 83.1 Å². The van der Waals surface area contributed by atoms with E-state index >= 15 is 0 Å². The van der Waals surface area contributed by atoms with E-state index in [4.69, 9.17) is 23.6 Å². The van der Waals surface area contributed by atoms with Crippen molar-refractivity contribution in [3.63, 3.8) is 0 Å². The van der Waals surface area contributed by atoms with Gasteiger partial charge in [-0.15, -0.1) is 3.94 Å². The molecule has 0 saturated carbocycles. The number of hydrogen-bond donors (Lipinski definition) is 0. The summed E-state index contributed by atoms with van der Waals surface area (Å²) in [6.07, 6.45) is 0.869. The van der Waals surface area contributed by atoms with Gasteiger partial charge in [-0.2, -0.15) is 0 Å². The summed E-state index contributed by atoms with van der Waals surface area (Å²) >= 11 is 11.2. The molecule has 1 aromatic carbocycles. The zero-order chi connectivity index (χ0) is 8.97. The van der Waals surface area contributed by atoms with E-state index in [1.807, 2.05) is 25.1 Å². The van der Waals surface area contributed by atoms with E-state index in [1.54, 1.807) is 0 Å². The first kappa shape index (κ1) is 9.85. The van der Waals surface area contributed by atoms with Crippen molar-refractivity contribution in [1.82, 2.24) is 3.94 Å². The molecule has 0 fully saturated rings. The summed E-state index contributed by atoms with van der Waals surface area (Å²) in [5.74, 6) is 0. The highest BCUT2D eigenvalue weighted by Gasteiger charge is 2.08. The first-order valence-corrected chi connectivity index (χ1v) is 4.52. The van der Waals surface area contributed by atoms with E-state index in [-0.39, 0.29) is 6.04 Å². The summed E-state index contributed by atoms with van der Waals surface area (Å²) in [5.41, 5.74) is 1.25. The van der Waals surface area contributed by atoms with Crippen LogP contribution in [0, 0.1) is 0 Å². The SMILES string of the molecule is CC(Cc1ccccc1)N(Cl)Cl. The van der Waals surface area contributed by atoms with Gasteiger partial charge in [0, 0.05) is 6.04 Å². The molecule has 1 nitrogen and oxygen atoms in total. The van der Waals surface area contributed by atoms with Crippen LogP contribution in [0.1, 0.15) is 12.5 Å². The van der Waals surface area contributed by atoms with Crippen molar-refractivity contribution in [2.24, 2.45) is 0 Å². The fourth-order valence-electron chi connectivity index (χ4n) is 1.02. The topological polar surface area (TPSA) is 3.24 Å². The van der Waals surface area contributed by atoms with Crippen molar-refractivity contribution in [3.05, 3.63) is 35.9 Å². The highest BCUT2D eigenvalue weighted by molar-refractivity contribution is 6.33. The number of benzene rings is 1. The van der Waals surface area contributed by atoms with Crippen LogP contribution in [0.3, 0.4) is 0 Å². The molecule has 0 heterocycles. The lowest BCUT2D eigenvalue weighted by Gasteiger charge is -2.13. The Hall–Kier alpha value is -0.240. The first-order valence-electron chi connectivity index (χ1n) is 3.85. The van der Waals surface area contributed by atoms with Crippen molar-refractivity contribution >= 4 is 23.6 Å². The van der Waals surface area contributed by atoms with Gasteiger partial charge in [-0.1, -0.05) is 30.3 Å². The minimum absolute atomic E-state index is 0.149. The summed E-state index contributed by atoms with van der Waals surface area (Å²) in [6, 6.07) is 10.3. The second-order valence-electron chi connectivity index (χ2n) is 2.80. The molecule has 0 bridgehead atoms. The lowest BCUT2D eigenvalue weighted by Crippen LogP contribution is -2.17. The van der Waals surface area contributed by atoms with Crippen LogP contribution >= 0.6 is 23.6 Å². The lowest BCUT2D eigenvalue weighted by atomic mass is 10.1. The minimum Gasteiger partial charge on any atom is -0.129 e. The number of rotatable bonds is 3. The summed E-state index contributed by atoms with van der Waals surface area (Å²) in [4.78, 5) is 0. The molecule has 0 radical (unpaired) electrons. The largest absolute Gasteiger partial charge is 0.129 e. The molecule has 1 unspecified atom stereocenters. The van der Waals surface area contributed by atoms with Gasteiger partial charge in [-0.25, -0.2) is 0 Å². The maximum atomic E-state index is 5.58. The van der Waals surface area contributed by atoms with Gasteiger partial charge < -0.3 is 0 Å². The zero-order valence-electron chi connectivity index (χ0n) is 6.87. The quantitative estimate of drug-likeness (QED) is 0.683. The average Bonchev–Trinajstić information content (AvgIpc) is 2.06. The number of hydrogen-bond acceptors (Lipinski definition) is 1. The van der Waals surface area contributed by atoms with Gasteiger partial charge in [0.1, 0.15) is 0 Å². The highest BCUT2D eigenvalue weighted by atomic mass is 35.5. The van der Waals surface area contributed by atoms with E-state index in [9.17, 15) is 0 Å². The smallest absolute Gasteiger partial charge is 0.0428 e. The molecule has 0 aliphatic carbocycles. The van der Waals surface area contributed by atoms with Gasteiger partial charge in [-0.05, 0) is 42.5 Å². The van der Waals surface area contributed by atoms with Crippen molar-refractivity contribution in [3.8, 4) is 0 Å². The number of nitrogens with zero attached hydrogens (tertiary/aromatic N) is 1. The minimum atomic E-state index is 0.149. The average molecular weight is 204 g/mol. The van der Waals surface area contributed by atoms with Crippen LogP contribution in [0.4, 0.5) is 0 Å². The van der Waals surface area contributed by atoms with Crippen LogP contribution in [-0.2, 0) is 6.42 Å². The molecular formula is C9H11Cl2N. The van der Waals surface area contributed by atoms with Crippen LogP contribution in [0.2, 0.25) is 0 Å². The Balaban J connectivity index is 2.53. The van der Waals surface area contributed by atoms with E-state index in [0.29, 0.717) is 0 Å². The van der Waals surface area contributed by atoms with Crippen molar-refractivity contribution < 1.29 is 0 Å². The van der Waals surface area contributed by atoms with Crippen molar-refractivity contribution in [2.45, 2.75) is 19.4 Å². The van der Waals surface area contributed by atoms with Crippen LogP contribution in [0.15, 0.2) is 30.3 Å². The summed E-state index contributed by atoms with van der Waals surface area (Å²) in [5, 5.41) is 0. The van der Waals surface area contributed by atoms with Gasteiger partial charge in [0.15, 0.2) is 0 Å². The molecule has 0 amide bonds. The predicted molar refractivity (Wildman–Crippen MR) is 53.2 cm³/mol. The molecule has 1 atom stereocenters. The van der Waals surface area contributed by atoms with Crippen LogP contribution in [0.5, 0.6) is 0 Å². The molecule has 1 rings (SSSR count). The summed E-state index contributed by atoms with van der Waals surface area (Å²) < 4.78 is 1.19. The molecule has 0 N–H and O–H groups in total. The molecule has 0 aliphatic heterocycles. The number of halogens is 2. The Morgan fingerprint density at radius 2 is 1.83 bits per heavy atom. The third kappa shape index (κ3) is 3.02. The Kier molecular flexibility index (Phi) is 3.86. The monoisotopic (exact) mass is 203 g/mol. The van der Waals surface area contributed by atoms with E-state index in [0.717, 1.165) is 6.42 Å². The maximum Gasteiger partial charge on any atom is 0.0428 e. The molecule has 0 spiro atoms. The molecule has 0 aliphatic rings. The van der Waals surface area contributed by atoms with Gasteiger partial charge in [0.05, 0.1) is 0 Å². The van der Waals surface area contributed by atoms with Crippen LogP contribution < -0.4 is 0 Å². The fourth-order valence-corrected chi connectivity index (χ4v) is 1.16. The standard InChI is InChI=1S/C9H11Cl2N/c1-8(12(10)11)7-9-5-3-2-4-6-9/h2-6,8H,7H2,1H3. The normalized spacial score (nSPS) is 13.3. The van der Waals surface area contributed by atoms with E-state index in [1.165, 1.54) is 9.50 Å². The van der Waals surface area contributed by atoms with Crippen molar-refractivity contribution in [2.75, 3.05) is 0 Å². The second-order valence-corrected chi connectivity index (χ2v) is 3.70.